The van der Waals surface area contributed by atoms with Crippen LogP contribution >= 0.6 is 11.6 Å². The van der Waals surface area contributed by atoms with Gasteiger partial charge in [0.15, 0.2) is 0 Å². The molecule has 0 saturated carbocycles. The number of nitrogens with zero attached hydrogens (tertiary/aromatic N) is 1. The second-order valence-corrected chi connectivity index (χ2v) is 4.52. The highest BCUT2D eigenvalue weighted by Gasteiger charge is 2.09. The standard InChI is InChI=1S/C14H14ClN3O/c1-10(13-4-2-3-9-16-13)17-14(19)18-12-7-5-11(15)6-8-12/h2-10H,1H3,(H2,17,18,19). The molecule has 1 aromatic heterocycles. The van der Waals surface area contributed by atoms with Crippen LogP contribution < -0.4 is 10.6 Å². The Morgan fingerprint density at radius 3 is 2.58 bits per heavy atom. The molecular formula is C14H14ClN3O. The van der Waals surface area contributed by atoms with Gasteiger partial charge in [-0.05, 0) is 43.3 Å². The summed E-state index contributed by atoms with van der Waals surface area (Å²) in [5, 5.41) is 6.18. The van der Waals surface area contributed by atoms with Crippen LogP contribution in [-0.4, -0.2) is 11.0 Å². The Morgan fingerprint density at radius 1 is 1.21 bits per heavy atom. The summed E-state index contributed by atoms with van der Waals surface area (Å²) in [4.78, 5) is 16.0. The van der Waals surface area contributed by atoms with Gasteiger partial charge in [0.05, 0.1) is 11.7 Å². The lowest BCUT2D eigenvalue weighted by Gasteiger charge is -2.14. The summed E-state index contributed by atoms with van der Waals surface area (Å²) in [7, 11) is 0. The predicted molar refractivity (Wildman–Crippen MR) is 76.3 cm³/mol. The molecule has 5 heteroatoms. The van der Waals surface area contributed by atoms with E-state index in [0.29, 0.717) is 10.7 Å². The van der Waals surface area contributed by atoms with Crippen LogP contribution in [0.2, 0.25) is 5.02 Å². The lowest BCUT2D eigenvalue weighted by molar-refractivity contribution is 0.249. The van der Waals surface area contributed by atoms with Gasteiger partial charge in [-0.2, -0.15) is 0 Å². The van der Waals surface area contributed by atoms with Crippen molar-refractivity contribution in [3.05, 3.63) is 59.4 Å². The third-order valence-electron chi connectivity index (χ3n) is 2.58. The summed E-state index contributed by atoms with van der Waals surface area (Å²) < 4.78 is 0. The van der Waals surface area contributed by atoms with Crippen molar-refractivity contribution in [2.45, 2.75) is 13.0 Å². The largest absolute Gasteiger partial charge is 0.330 e. The van der Waals surface area contributed by atoms with Gasteiger partial charge in [0.2, 0.25) is 0 Å². The van der Waals surface area contributed by atoms with Crippen LogP contribution in [0.3, 0.4) is 0 Å². The SMILES string of the molecule is CC(NC(=O)Nc1ccc(Cl)cc1)c1ccccn1. The minimum absolute atomic E-state index is 0.159. The second-order valence-electron chi connectivity index (χ2n) is 4.08. The highest BCUT2D eigenvalue weighted by Crippen LogP contribution is 2.14. The van der Waals surface area contributed by atoms with E-state index in [9.17, 15) is 4.79 Å². The van der Waals surface area contributed by atoms with Crippen molar-refractivity contribution in [3.8, 4) is 0 Å². The van der Waals surface area contributed by atoms with Crippen LogP contribution in [0.5, 0.6) is 0 Å². The number of pyridine rings is 1. The van der Waals surface area contributed by atoms with Gasteiger partial charge >= 0.3 is 6.03 Å². The first-order chi connectivity index (χ1) is 9.15. The lowest BCUT2D eigenvalue weighted by atomic mass is 10.2. The van der Waals surface area contributed by atoms with Crippen molar-refractivity contribution in [2.24, 2.45) is 0 Å². The van der Waals surface area contributed by atoms with Gasteiger partial charge in [0.1, 0.15) is 0 Å². The van der Waals surface area contributed by atoms with Gasteiger partial charge in [-0.25, -0.2) is 4.79 Å². The van der Waals surface area contributed by atoms with Crippen molar-refractivity contribution in [1.29, 1.82) is 0 Å². The summed E-state index contributed by atoms with van der Waals surface area (Å²) in [6.45, 7) is 1.88. The molecule has 0 aliphatic carbocycles. The molecular weight excluding hydrogens is 262 g/mol. The van der Waals surface area contributed by atoms with E-state index in [2.05, 4.69) is 15.6 Å². The fraction of sp³-hybridized carbons (Fsp3) is 0.143. The van der Waals surface area contributed by atoms with E-state index in [0.717, 1.165) is 5.69 Å². The first kappa shape index (κ1) is 13.4. The Bertz CT molecular complexity index is 542. The number of halogens is 1. The number of anilines is 1. The quantitative estimate of drug-likeness (QED) is 0.899. The topological polar surface area (TPSA) is 54.0 Å². The van der Waals surface area contributed by atoms with E-state index in [4.69, 9.17) is 11.6 Å². The number of carbonyl (C=O) groups excluding carboxylic acids is 1. The van der Waals surface area contributed by atoms with Crippen LogP contribution in [0.15, 0.2) is 48.7 Å². The molecule has 19 heavy (non-hydrogen) atoms. The van der Waals surface area contributed by atoms with Crippen molar-refractivity contribution in [1.82, 2.24) is 10.3 Å². The minimum atomic E-state index is -0.277. The highest BCUT2D eigenvalue weighted by molar-refractivity contribution is 6.30. The van der Waals surface area contributed by atoms with Crippen LogP contribution in [0.25, 0.3) is 0 Å². The molecule has 0 radical (unpaired) electrons. The van der Waals surface area contributed by atoms with E-state index >= 15 is 0 Å². The van der Waals surface area contributed by atoms with E-state index in [1.54, 1.807) is 30.5 Å². The maximum Gasteiger partial charge on any atom is 0.319 e. The van der Waals surface area contributed by atoms with Gasteiger partial charge in [0.25, 0.3) is 0 Å². The molecule has 98 valence electrons. The number of carbonyl (C=O) groups is 1. The number of benzene rings is 1. The Labute approximate surface area is 116 Å². The first-order valence-electron chi connectivity index (χ1n) is 5.89. The maximum absolute atomic E-state index is 11.8. The zero-order valence-corrected chi connectivity index (χ0v) is 11.2. The molecule has 0 aliphatic rings. The molecule has 1 aromatic carbocycles. The van der Waals surface area contributed by atoms with Gasteiger partial charge in [-0.3, -0.25) is 4.98 Å². The molecule has 0 spiro atoms. The molecule has 1 unspecified atom stereocenters. The molecule has 0 aliphatic heterocycles. The zero-order valence-electron chi connectivity index (χ0n) is 10.4. The fourth-order valence-electron chi connectivity index (χ4n) is 1.60. The number of amides is 2. The average Bonchev–Trinajstić information content (AvgIpc) is 2.42. The number of nitrogens with one attached hydrogen (secondary N) is 2. The number of aromatic nitrogens is 1. The van der Waals surface area contributed by atoms with E-state index < -0.39 is 0 Å². The van der Waals surface area contributed by atoms with Crippen molar-refractivity contribution >= 4 is 23.3 Å². The first-order valence-corrected chi connectivity index (χ1v) is 6.27. The van der Waals surface area contributed by atoms with Gasteiger partial charge < -0.3 is 10.6 Å². The van der Waals surface area contributed by atoms with Crippen molar-refractivity contribution in [2.75, 3.05) is 5.32 Å². The summed E-state index contributed by atoms with van der Waals surface area (Å²) in [6, 6.07) is 12.1. The van der Waals surface area contributed by atoms with Gasteiger partial charge in [0, 0.05) is 16.9 Å². The number of hydrogen-bond acceptors (Lipinski definition) is 2. The smallest absolute Gasteiger partial charge is 0.319 e. The molecule has 0 fully saturated rings. The second kappa shape index (κ2) is 6.20. The van der Waals surface area contributed by atoms with E-state index in [1.807, 2.05) is 25.1 Å². The lowest BCUT2D eigenvalue weighted by Crippen LogP contribution is -2.31. The summed E-state index contributed by atoms with van der Waals surface area (Å²) in [6.07, 6.45) is 1.70. The normalized spacial score (nSPS) is 11.7. The van der Waals surface area contributed by atoms with Gasteiger partial charge in [-0.1, -0.05) is 17.7 Å². The zero-order chi connectivity index (χ0) is 13.7. The third kappa shape index (κ3) is 3.96. The van der Waals surface area contributed by atoms with Crippen LogP contribution in [-0.2, 0) is 0 Å². The van der Waals surface area contributed by atoms with Gasteiger partial charge in [-0.15, -0.1) is 0 Å². The highest BCUT2D eigenvalue weighted by atomic mass is 35.5. The van der Waals surface area contributed by atoms with Crippen molar-refractivity contribution in [3.63, 3.8) is 0 Å². The number of rotatable bonds is 3. The summed E-state index contributed by atoms with van der Waals surface area (Å²) in [5.74, 6) is 0. The average molecular weight is 276 g/mol. The summed E-state index contributed by atoms with van der Waals surface area (Å²) >= 11 is 5.78. The van der Waals surface area contributed by atoms with Crippen LogP contribution in [0.1, 0.15) is 18.7 Å². The predicted octanol–water partition coefficient (Wildman–Crippen LogP) is 3.62. The maximum atomic E-state index is 11.8. The summed E-state index contributed by atoms with van der Waals surface area (Å²) in [5.41, 5.74) is 1.50. The van der Waals surface area contributed by atoms with Crippen molar-refractivity contribution < 1.29 is 4.79 Å². The minimum Gasteiger partial charge on any atom is -0.330 e. The van der Waals surface area contributed by atoms with E-state index in [-0.39, 0.29) is 12.1 Å². The molecule has 2 N–H and O–H groups in total. The third-order valence-corrected chi connectivity index (χ3v) is 2.83. The fourth-order valence-corrected chi connectivity index (χ4v) is 1.73. The van der Waals surface area contributed by atoms with Crippen LogP contribution in [0.4, 0.5) is 10.5 Å². The molecule has 1 atom stereocenters. The Morgan fingerprint density at radius 2 is 1.95 bits per heavy atom. The number of urea groups is 1. The molecule has 2 amide bonds. The van der Waals surface area contributed by atoms with Crippen LogP contribution in [0, 0.1) is 0 Å². The van der Waals surface area contributed by atoms with E-state index in [1.165, 1.54) is 0 Å². The molecule has 0 bridgehead atoms. The molecule has 1 heterocycles. The number of hydrogen-bond donors (Lipinski definition) is 2. The Hall–Kier alpha value is -2.07. The molecule has 4 nitrogen and oxygen atoms in total. The Kier molecular flexibility index (Phi) is 4.36. The molecule has 0 saturated heterocycles. The molecule has 2 aromatic rings. The molecule has 2 rings (SSSR count). The Balaban J connectivity index is 1.93. The monoisotopic (exact) mass is 275 g/mol.